The first-order chi connectivity index (χ1) is 20.0. The van der Waals surface area contributed by atoms with Gasteiger partial charge in [-0.3, -0.25) is 0 Å². The summed E-state index contributed by atoms with van der Waals surface area (Å²) in [5.41, 5.74) is 9.99. The van der Waals surface area contributed by atoms with Crippen LogP contribution in [0, 0.1) is 23.7 Å². The highest BCUT2D eigenvalue weighted by Gasteiger charge is 2.19. The van der Waals surface area contributed by atoms with Gasteiger partial charge in [0.25, 0.3) is 0 Å². The van der Waals surface area contributed by atoms with E-state index >= 15 is 0 Å². The lowest BCUT2D eigenvalue weighted by atomic mass is 9.84. The molecule has 3 aliphatic carbocycles. The summed E-state index contributed by atoms with van der Waals surface area (Å²) in [6.45, 7) is 35.3. The molecule has 0 spiro atoms. The topological polar surface area (TPSA) is 0 Å². The largest absolute Gasteiger partial charge is 0.0959 e. The van der Waals surface area contributed by atoms with Gasteiger partial charge in [0.05, 0.1) is 0 Å². The summed E-state index contributed by atoms with van der Waals surface area (Å²) in [6.07, 6.45) is 25.4. The summed E-state index contributed by atoms with van der Waals surface area (Å²) < 4.78 is 0. The van der Waals surface area contributed by atoms with Crippen LogP contribution in [-0.2, 0) is 0 Å². The minimum absolute atomic E-state index is 0.847. The molecule has 244 valence electrons. The Kier molecular flexibility index (Phi) is 26.2. The molecule has 0 aliphatic heterocycles. The zero-order chi connectivity index (χ0) is 32.7. The van der Waals surface area contributed by atoms with Crippen LogP contribution in [0.4, 0.5) is 0 Å². The lowest BCUT2D eigenvalue weighted by molar-refractivity contribution is 0.369. The average molecular weight is 581 g/mol. The molecular formula is C42H76. The van der Waals surface area contributed by atoms with Crippen molar-refractivity contribution in [2.24, 2.45) is 23.7 Å². The van der Waals surface area contributed by atoms with Crippen LogP contribution in [0.15, 0.2) is 70.4 Å². The highest BCUT2D eigenvalue weighted by Crippen LogP contribution is 2.35. The van der Waals surface area contributed by atoms with E-state index < -0.39 is 0 Å². The van der Waals surface area contributed by atoms with Gasteiger partial charge in [-0.05, 0) is 121 Å². The quantitative estimate of drug-likeness (QED) is 0.160. The van der Waals surface area contributed by atoms with Crippen LogP contribution in [0.5, 0.6) is 0 Å². The van der Waals surface area contributed by atoms with Crippen molar-refractivity contribution in [1.82, 2.24) is 0 Å². The first-order valence-corrected chi connectivity index (χ1v) is 18.0. The SMILES string of the molecule is C/C=C(\C)[C@H](CC)CCC1CCCC(CC)CC1.C=C(C)C(=C)C.CC.CC.CC1=CCC2=C(C=C1C)C[C@@H](C)CC2. The Hall–Kier alpha value is -1.56. The van der Waals surface area contributed by atoms with E-state index in [1.807, 2.05) is 41.5 Å². The molecule has 0 aromatic heterocycles. The van der Waals surface area contributed by atoms with E-state index in [2.05, 4.69) is 79.9 Å². The van der Waals surface area contributed by atoms with Gasteiger partial charge >= 0.3 is 0 Å². The second kappa shape index (κ2) is 25.9. The zero-order valence-electron chi connectivity index (χ0n) is 31.1. The number of hydrogen-bond donors (Lipinski definition) is 0. The first kappa shape index (κ1) is 42.6. The molecule has 0 heteroatoms. The van der Waals surface area contributed by atoms with E-state index in [9.17, 15) is 0 Å². The Labute approximate surface area is 267 Å². The molecule has 0 aromatic carbocycles. The molecule has 42 heavy (non-hydrogen) atoms. The fourth-order valence-corrected chi connectivity index (χ4v) is 5.99. The van der Waals surface area contributed by atoms with Gasteiger partial charge in [0.1, 0.15) is 0 Å². The van der Waals surface area contributed by atoms with E-state index in [4.69, 9.17) is 0 Å². The van der Waals surface area contributed by atoms with Gasteiger partial charge in [-0.1, -0.05) is 146 Å². The van der Waals surface area contributed by atoms with Crippen molar-refractivity contribution in [2.45, 2.75) is 173 Å². The van der Waals surface area contributed by atoms with Gasteiger partial charge in [0, 0.05) is 0 Å². The smallest absolute Gasteiger partial charge is 0.0127 e. The molecular weight excluding hydrogens is 504 g/mol. The van der Waals surface area contributed by atoms with Gasteiger partial charge in [-0.2, -0.15) is 0 Å². The van der Waals surface area contributed by atoms with Crippen LogP contribution in [0.3, 0.4) is 0 Å². The molecule has 0 amide bonds. The van der Waals surface area contributed by atoms with Gasteiger partial charge in [0.2, 0.25) is 0 Å². The monoisotopic (exact) mass is 581 g/mol. The maximum Gasteiger partial charge on any atom is -0.0127 e. The summed E-state index contributed by atoms with van der Waals surface area (Å²) in [7, 11) is 0. The summed E-state index contributed by atoms with van der Waals surface area (Å²) in [4.78, 5) is 0. The van der Waals surface area contributed by atoms with Crippen molar-refractivity contribution < 1.29 is 0 Å². The van der Waals surface area contributed by atoms with Gasteiger partial charge in [-0.15, -0.1) is 0 Å². The van der Waals surface area contributed by atoms with Crippen molar-refractivity contribution >= 4 is 0 Å². The predicted molar refractivity (Wildman–Crippen MR) is 197 cm³/mol. The Morgan fingerprint density at radius 1 is 0.881 bits per heavy atom. The van der Waals surface area contributed by atoms with Crippen molar-refractivity contribution in [3.8, 4) is 0 Å². The van der Waals surface area contributed by atoms with Crippen molar-refractivity contribution in [2.75, 3.05) is 0 Å². The summed E-state index contributed by atoms with van der Waals surface area (Å²) in [6, 6.07) is 0. The van der Waals surface area contributed by atoms with Crippen molar-refractivity contribution in [1.29, 1.82) is 0 Å². The van der Waals surface area contributed by atoms with Gasteiger partial charge in [-0.25, -0.2) is 0 Å². The predicted octanol–water partition coefficient (Wildman–Crippen LogP) is 15.0. The molecule has 0 heterocycles. The van der Waals surface area contributed by atoms with Gasteiger partial charge < -0.3 is 0 Å². The highest BCUT2D eigenvalue weighted by atomic mass is 14.3. The lowest BCUT2D eigenvalue weighted by Crippen LogP contribution is -2.06. The Bertz CT molecular complexity index is 842. The fraction of sp³-hybridized carbons (Fsp3) is 0.714. The molecule has 1 fully saturated rings. The standard InChI is InChI=1S/C18H34.C14H20.C6H10.2C2H6/c1-5-15(4)18(7-3)14-13-17-10-8-9-16(6-2)11-12-17;1-10-4-6-13-7-5-11(2)12(3)9-14(13)8-10;1-5(2)6(3)4;2*1-2/h5,16-18H,6-14H2,1-4H3;5,9-10H,4,6-8H2,1-3H3;1,3H2,2,4H3;2*1-2H3/b15-5+;;;;/t16?,17?,18-;10-;;;/m10.../s1. The maximum atomic E-state index is 3.66. The molecule has 4 atom stereocenters. The highest BCUT2D eigenvalue weighted by molar-refractivity contribution is 5.42. The van der Waals surface area contributed by atoms with Crippen molar-refractivity contribution in [3.63, 3.8) is 0 Å². The third-order valence-electron chi connectivity index (χ3n) is 9.66. The minimum atomic E-state index is 0.847. The molecule has 1 saturated carbocycles. The normalized spacial score (nSPS) is 22.6. The van der Waals surface area contributed by atoms with Crippen LogP contribution in [0.2, 0.25) is 0 Å². The number of allylic oxidation sites excluding steroid dienone is 10. The molecule has 0 nitrogen and oxygen atoms in total. The Morgan fingerprint density at radius 2 is 1.45 bits per heavy atom. The lowest BCUT2D eigenvalue weighted by Gasteiger charge is -2.22. The number of rotatable bonds is 7. The maximum absolute atomic E-state index is 3.66. The second-order valence-corrected chi connectivity index (χ2v) is 12.8. The van der Waals surface area contributed by atoms with E-state index in [1.165, 1.54) is 94.6 Å². The summed E-state index contributed by atoms with van der Waals surface area (Å²) in [5, 5.41) is 0. The van der Waals surface area contributed by atoms with Crippen molar-refractivity contribution in [3.05, 3.63) is 70.4 Å². The van der Waals surface area contributed by atoms with E-state index in [-0.39, 0.29) is 0 Å². The van der Waals surface area contributed by atoms with Crippen LogP contribution in [0.25, 0.3) is 0 Å². The molecule has 0 radical (unpaired) electrons. The fourth-order valence-electron chi connectivity index (χ4n) is 5.99. The van der Waals surface area contributed by atoms with Crippen LogP contribution >= 0.6 is 0 Å². The Morgan fingerprint density at radius 3 is 1.98 bits per heavy atom. The third-order valence-corrected chi connectivity index (χ3v) is 9.66. The number of hydrogen-bond acceptors (Lipinski definition) is 0. The van der Waals surface area contributed by atoms with Crippen LogP contribution in [-0.4, -0.2) is 0 Å². The molecule has 3 rings (SSSR count). The molecule has 0 saturated heterocycles. The molecule has 0 N–H and O–H groups in total. The summed E-state index contributed by atoms with van der Waals surface area (Å²) in [5.74, 6) is 3.80. The van der Waals surface area contributed by atoms with Crippen LogP contribution < -0.4 is 0 Å². The van der Waals surface area contributed by atoms with Gasteiger partial charge in [0.15, 0.2) is 0 Å². The average Bonchev–Trinajstić information content (AvgIpc) is 3.31. The second-order valence-electron chi connectivity index (χ2n) is 12.8. The Balaban J connectivity index is 0. The van der Waals surface area contributed by atoms with E-state index in [1.54, 1.807) is 16.7 Å². The molecule has 0 aromatic rings. The third kappa shape index (κ3) is 18.2. The van der Waals surface area contributed by atoms with Crippen LogP contribution in [0.1, 0.15) is 173 Å². The minimum Gasteiger partial charge on any atom is -0.0959 e. The van der Waals surface area contributed by atoms with E-state index in [0.29, 0.717) is 0 Å². The molecule has 0 bridgehead atoms. The summed E-state index contributed by atoms with van der Waals surface area (Å²) >= 11 is 0. The molecule has 2 unspecified atom stereocenters. The molecule has 3 aliphatic rings. The van der Waals surface area contributed by atoms with E-state index in [0.717, 1.165) is 34.8 Å². The zero-order valence-corrected chi connectivity index (χ0v) is 31.1. The first-order valence-electron chi connectivity index (χ1n) is 18.0.